The molecule has 0 saturated heterocycles. The molecular formula is C23H22ClFN2O4S. The Morgan fingerprint density at radius 2 is 2.09 bits per heavy atom. The van der Waals surface area contributed by atoms with E-state index in [1.807, 2.05) is 12.1 Å². The number of hydrogen-bond acceptors (Lipinski definition) is 5. The lowest BCUT2D eigenvalue weighted by Gasteiger charge is -2.27. The second-order valence-corrected chi connectivity index (χ2v) is 10.8. The number of nitrogens with one attached hydrogen (secondary N) is 1. The van der Waals surface area contributed by atoms with Crippen molar-refractivity contribution in [2.45, 2.75) is 43.7 Å². The lowest BCUT2D eigenvalue weighted by Crippen LogP contribution is -2.35. The number of rotatable bonds is 2. The molecule has 0 radical (unpaired) electrons. The van der Waals surface area contributed by atoms with Crippen LogP contribution in [0.2, 0.25) is 5.02 Å². The van der Waals surface area contributed by atoms with Gasteiger partial charge >= 0.3 is 0 Å². The highest BCUT2D eigenvalue weighted by molar-refractivity contribution is 7.88. The first-order valence-electron chi connectivity index (χ1n) is 10.3. The number of halogens is 2. The van der Waals surface area contributed by atoms with Gasteiger partial charge in [0.2, 0.25) is 15.9 Å². The van der Waals surface area contributed by atoms with Crippen LogP contribution in [0.15, 0.2) is 47.1 Å². The van der Waals surface area contributed by atoms with Crippen molar-refractivity contribution in [3.05, 3.63) is 70.6 Å². The second kappa shape index (κ2) is 7.86. The second-order valence-electron chi connectivity index (χ2n) is 8.65. The summed E-state index contributed by atoms with van der Waals surface area (Å²) in [5, 5.41) is 0.495. The zero-order valence-corrected chi connectivity index (χ0v) is 19.0. The van der Waals surface area contributed by atoms with Crippen LogP contribution in [0, 0.1) is 5.82 Å². The van der Waals surface area contributed by atoms with Crippen molar-refractivity contribution in [2.24, 2.45) is 0 Å². The molecule has 0 amide bonds. The van der Waals surface area contributed by atoms with Gasteiger partial charge in [0, 0.05) is 22.2 Å². The Kier molecular flexibility index (Phi) is 5.27. The SMILES string of the molecule is CS(=O)(=O)N[C@H]1CC[C@@]2(Cc3ccc(Cl)c(c3)-c3cccc(F)c3OCc3coc2n3)C1. The van der Waals surface area contributed by atoms with Gasteiger partial charge in [0.15, 0.2) is 11.6 Å². The van der Waals surface area contributed by atoms with Gasteiger partial charge in [0.1, 0.15) is 18.6 Å². The Bertz CT molecular complexity index is 1290. The Morgan fingerprint density at radius 1 is 1.25 bits per heavy atom. The van der Waals surface area contributed by atoms with E-state index in [2.05, 4.69) is 9.71 Å². The molecule has 1 fully saturated rings. The highest BCUT2D eigenvalue weighted by atomic mass is 35.5. The molecule has 4 bridgehead atoms. The average molecular weight is 477 g/mol. The predicted molar refractivity (Wildman–Crippen MR) is 119 cm³/mol. The topological polar surface area (TPSA) is 81.4 Å². The molecule has 1 spiro atoms. The van der Waals surface area contributed by atoms with Crippen molar-refractivity contribution in [3.63, 3.8) is 0 Å². The third kappa shape index (κ3) is 4.02. The minimum Gasteiger partial charge on any atom is -0.483 e. The van der Waals surface area contributed by atoms with E-state index in [9.17, 15) is 12.8 Å². The first kappa shape index (κ1) is 21.4. The maximum absolute atomic E-state index is 14.6. The van der Waals surface area contributed by atoms with Crippen LogP contribution in [-0.4, -0.2) is 25.7 Å². The fourth-order valence-corrected chi connectivity index (χ4v) is 5.90. The van der Waals surface area contributed by atoms with Gasteiger partial charge in [0.25, 0.3) is 0 Å². The number of para-hydroxylation sites is 1. The summed E-state index contributed by atoms with van der Waals surface area (Å²) in [4.78, 5) is 4.65. The minimum absolute atomic E-state index is 0.0375. The number of sulfonamides is 1. The summed E-state index contributed by atoms with van der Waals surface area (Å²) in [6.07, 6.45) is 5.23. The van der Waals surface area contributed by atoms with E-state index in [1.165, 1.54) is 18.6 Å². The summed E-state index contributed by atoms with van der Waals surface area (Å²) >= 11 is 6.51. The molecule has 1 aliphatic heterocycles. The molecule has 1 aromatic heterocycles. The summed E-state index contributed by atoms with van der Waals surface area (Å²) < 4.78 is 52.7. The van der Waals surface area contributed by atoms with Crippen molar-refractivity contribution in [1.82, 2.24) is 9.71 Å². The van der Waals surface area contributed by atoms with Crippen LogP contribution >= 0.6 is 11.6 Å². The standard InChI is InChI=1S/C23H22ClFN2O4S/c1-32(28,29)27-15-7-8-23(11-15)10-14-5-6-19(24)18(9-14)17-3-2-4-20(25)21(17)30-12-16-13-31-22(23)26-16/h2-6,9,13,15,27H,7-8,10-12H2,1H3/t15-,23+/m0/s1. The number of benzene rings is 2. The van der Waals surface area contributed by atoms with E-state index >= 15 is 0 Å². The van der Waals surface area contributed by atoms with Crippen LogP contribution in [0.1, 0.15) is 36.4 Å². The molecule has 1 aliphatic carbocycles. The van der Waals surface area contributed by atoms with Crippen molar-refractivity contribution in [1.29, 1.82) is 0 Å². The van der Waals surface area contributed by atoms with Crippen molar-refractivity contribution < 1.29 is 22.0 Å². The zero-order valence-electron chi connectivity index (χ0n) is 17.4. The molecule has 2 aliphatic rings. The van der Waals surface area contributed by atoms with E-state index in [0.29, 0.717) is 53.4 Å². The van der Waals surface area contributed by atoms with Crippen LogP contribution in [-0.2, 0) is 28.5 Å². The molecule has 2 atom stereocenters. The number of hydrogen-bond donors (Lipinski definition) is 1. The van der Waals surface area contributed by atoms with Crippen molar-refractivity contribution >= 4 is 21.6 Å². The summed E-state index contributed by atoms with van der Waals surface area (Å²) in [6.45, 7) is 0.0375. The Balaban J connectivity index is 1.62. The lowest BCUT2D eigenvalue weighted by molar-refractivity contribution is 0.287. The maximum atomic E-state index is 14.6. The Labute approximate surface area is 190 Å². The largest absolute Gasteiger partial charge is 0.483 e. The predicted octanol–water partition coefficient (Wildman–Crippen LogP) is 4.61. The molecule has 6 nitrogen and oxygen atoms in total. The molecule has 3 aromatic rings. The molecule has 1 saturated carbocycles. The molecular weight excluding hydrogens is 455 g/mol. The maximum Gasteiger partial charge on any atom is 0.208 e. The van der Waals surface area contributed by atoms with Crippen LogP contribution in [0.5, 0.6) is 5.75 Å². The lowest BCUT2D eigenvalue weighted by atomic mass is 9.79. The normalized spacial score (nSPS) is 22.7. The summed E-state index contributed by atoms with van der Waals surface area (Å²) in [7, 11) is -3.33. The van der Waals surface area contributed by atoms with Crippen LogP contribution < -0.4 is 9.46 Å². The first-order chi connectivity index (χ1) is 15.2. The zero-order chi connectivity index (χ0) is 22.5. The summed E-state index contributed by atoms with van der Waals surface area (Å²) in [5.74, 6) is 0.177. The fraction of sp³-hybridized carbons (Fsp3) is 0.348. The smallest absolute Gasteiger partial charge is 0.208 e. The number of ether oxygens (including phenoxy) is 1. The van der Waals surface area contributed by atoms with Crippen molar-refractivity contribution in [3.8, 4) is 16.9 Å². The first-order valence-corrected chi connectivity index (χ1v) is 12.6. The molecule has 2 aromatic carbocycles. The van der Waals surface area contributed by atoms with Gasteiger partial charge in [-0.1, -0.05) is 29.8 Å². The molecule has 1 N–H and O–H groups in total. The number of oxazole rings is 1. The van der Waals surface area contributed by atoms with E-state index in [1.54, 1.807) is 18.2 Å². The third-order valence-electron chi connectivity index (χ3n) is 6.19. The van der Waals surface area contributed by atoms with Gasteiger partial charge in [-0.05, 0) is 49.4 Å². The van der Waals surface area contributed by atoms with Crippen LogP contribution in [0.4, 0.5) is 4.39 Å². The summed E-state index contributed by atoms with van der Waals surface area (Å²) in [5.41, 5.74) is 2.29. The van der Waals surface area contributed by atoms with Gasteiger partial charge in [-0.3, -0.25) is 0 Å². The van der Waals surface area contributed by atoms with Gasteiger partial charge in [-0.15, -0.1) is 0 Å². The van der Waals surface area contributed by atoms with E-state index in [4.69, 9.17) is 20.8 Å². The van der Waals surface area contributed by atoms with E-state index in [0.717, 1.165) is 5.56 Å². The number of aromatic nitrogens is 1. The van der Waals surface area contributed by atoms with Gasteiger partial charge in [-0.2, -0.15) is 0 Å². The van der Waals surface area contributed by atoms with Gasteiger partial charge < -0.3 is 9.15 Å². The molecule has 9 heteroatoms. The third-order valence-corrected chi connectivity index (χ3v) is 7.28. The highest BCUT2D eigenvalue weighted by Crippen LogP contribution is 2.45. The molecule has 0 unspecified atom stereocenters. The minimum atomic E-state index is -3.33. The van der Waals surface area contributed by atoms with Crippen molar-refractivity contribution in [2.75, 3.05) is 6.26 Å². The molecule has 2 heterocycles. The van der Waals surface area contributed by atoms with Crippen LogP contribution in [0.25, 0.3) is 11.1 Å². The average Bonchev–Trinajstić information content (AvgIpc) is 3.35. The van der Waals surface area contributed by atoms with E-state index in [-0.39, 0.29) is 18.4 Å². The van der Waals surface area contributed by atoms with Gasteiger partial charge in [0.05, 0.1) is 11.7 Å². The quantitative estimate of drug-likeness (QED) is 0.584. The highest BCUT2D eigenvalue weighted by Gasteiger charge is 2.45. The molecule has 32 heavy (non-hydrogen) atoms. The monoisotopic (exact) mass is 476 g/mol. The summed E-state index contributed by atoms with van der Waals surface area (Å²) in [6, 6.07) is 10.2. The van der Waals surface area contributed by atoms with Crippen LogP contribution in [0.3, 0.4) is 0 Å². The van der Waals surface area contributed by atoms with E-state index < -0.39 is 21.3 Å². The van der Waals surface area contributed by atoms with Gasteiger partial charge in [-0.25, -0.2) is 22.5 Å². The number of fused-ring (bicyclic) bond motifs is 7. The Morgan fingerprint density at radius 3 is 2.91 bits per heavy atom. The molecule has 168 valence electrons. The number of nitrogens with zero attached hydrogens (tertiary/aromatic N) is 1. The Hall–Kier alpha value is -2.42. The fourth-order valence-electron chi connectivity index (χ4n) is 4.87. The molecule has 5 rings (SSSR count).